The zero-order valence-electron chi connectivity index (χ0n) is 14.7. The van der Waals surface area contributed by atoms with Gasteiger partial charge in [0, 0.05) is 0 Å². The Bertz CT molecular complexity index is 805. The second-order valence-electron chi connectivity index (χ2n) is 7.57. The van der Waals surface area contributed by atoms with Gasteiger partial charge in [0.15, 0.2) is 0 Å². The highest BCUT2D eigenvalue weighted by molar-refractivity contribution is 5.89. The number of hydrogen-bond donors (Lipinski definition) is 2. The van der Waals surface area contributed by atoms with E-state index >= 15 is 0 Å². The van der Waals surface area contributed by atoms with E-state index < -0.39 is 5.41 Å². The summed E-state index contributed by atoms with van der Waals surface area (Å²) in [6.45, 7) is 2.08. The highest BCUT2D eigenvalue weighted by Gasteiger charge is 2.43. The maximum absolute atomic E-state index is 13.4. The number of fused-ring (bicyclic) bond motifs is 1. The Hall–Kier alpha value is -2.29. The molecule has 2 aliphatic rings. The Morgan fingerprint density at radius 3 is 2.68 bits per heavy atom. The summed E-state index contributed by atoms with van der Waals surface area (Å²) in [6, 6.07) is 14.0. The number of rotatable bonds is 3. The Balaban J connectivity index is 1.63. The minimum Gasteiger partial charge on any atom is -0.508 e. The van der Waals surface area contributed by atoms with Crippen LogP contribution in [0.3, 0.4) is 0 Å². The van der Waals surface area contributed by atoms with Gasteiger partial charge in [0.05, 0.1) is 11.5 Å². The predicted octanol–water partition coefficient (Wildman–Crippen LogP) is 4.32. The molecule has 3 heteroatoms. The summed E-state index contributed by atoms with van der Waals surface area (Å²) < 4.78 is 0. The molecule has 0 aromatic heterocycles. The van der Waals surface area contributed by atoms with Crippen molar-refractivity contribution in [3.63, 3.8) is 0 Å². The van der Waals surface area contributed by atoms with Crippen LogP contribution in [0.2, 0.25) is 0 Å². The molecule has 2 aromatic carbocycles. The SMILES string of the molecule is Cc1cccc(C2(C(=O)NC3CCc4c(O)cccc43)CCCC2)c1. The Labute approximate surface area is 149 Å². The number of hydrogen-bond acceptors (Lipinski definition) is 2. The Morgan fingerprint density at radius 1 is 1.16 bits per heavy atom. The van der Waals surface area contributed by atoms with Gasteiger partial charge in [0.2, 0.25) is 5.91 Å². The van der Waals surface area contributed by atoms with Crippen LogP contribution in [0.25, 0.3) is 0 Å². The number of phenols is 1. The van der Waals surface area contributed by atoms with Crippen LogP contribution in [0.15, 0.2) is 42.5 Å². The van der Waals surface area contributed by atoms with E-state index in [0.29, 0.717) is 5.75 Å². The molecule has 1 amide bonds. The largest absolute Gasteiger partial charge is 0.508 e. The summed E-state index contributed by atoms with van der Waals surface area (Å²) in [5.41, 5.74) is 4.02. The topological polar surface area (TPSA) is 49.3 Å². The number of aromatic hydroxyl groups is 1. The molecule has 0 heterocycles. The molecule has 0 saturated heterocycles. The number of carbonyl (C=O) groups is 1. The smallest absolute Gasteiger partial charge is 0.231 e. The van der Waals surface area contributed by atoms with Crippen LogP contribution in [-0.4, -0.2) is 11.0 Å². The van der Waals surface area contributed by atoms with Crippen molar-refractivity contribution in [3.8, 4) is 5.75 Å². The zero-order chi connectivity index (χ0) is 17.4. The van der Waals surface area contributed by atoms with Crippen LogP contribution in [0.1, 0.15) is 60.4 Å². The van der Waals surface area contributed by atoms with Gasteiger partial charge in [-0.25, -0.2) is 0 Å². The predicted molar refractivity (Wildman–Crippen MR) is 98.6 cm³/mol. The normalized spacial score (nSPS) is 21.1. The molecule has 0 aliphatic heterocycles. The molecule has 1 atom stereocenters. The monoisotopic (exact) mass is 335 g/mol. The molecule has 4 rings (SSSR count). The quantitative estimate of drug-likeness (QED) is 0.878. The third-order valence-corrected chi connectivity index (χ3v) is 6.01. The van der Waals surface area contributed by atoms with Crippen molar-refractivity contribution in [1.29, 1.82) is 0 Å². The van der Waals surface area contributed by atoms with Gasteiger partial charge < -0.3 is 10.4 Å². The molecule has 1 saturated carbocycles. The maximum Gasteiger partial charge on any atom is 0.231 e. The molecule has 2 aliphatic carbocycles. The number of amides is 1. The average Bonchev–Trinajstić information content (AvgIpc) is 3.24. The van der Waals surface area contributed by atoms with Crippen molar-refractivity contribution in [2.75, 3.05) is 0 Å². The minimum atomic E-state index is -0.397. The van der Waals surface area contributed by atoms with Crippen molar-refractivity contribution in [2.24, 2.45) is 0 Å². The molecule has 0 spiro atoms. The highest BCUT2D eigenvalue weighted by atomic mass is 16.3. The third kappa shape index (κ3) is 2.72. The molecule has 130 valence electrons. The molecule has 3 nitrogen and oxygen atoms in total. The van der Waals surface area contributed by atoms with Gasteiger partial charge in [-0.1, -0.05) is 54.8 Å². The molecule has 0 bridgehead atoms. The van der Waals surface area contributed by atoms with E-state index in [1.807, 2.05) is 12.1 Å². The van der Waals surface area contributed by atoms with E-state index in [2.05, 4.69) is 36.5 Å². The zero-order valence-corrected chi connectivity index (χ0v) is 14.7. The fraction of sp³-hybridized carbons (Fsp3) is 0.409. The molecule has 2 aromatic rings. The van der Waals surface area contributed by atoms with Crippen molar-refractivity contribution < 1.29 is 9.90 Å². The van der Waals surface area contributed by atoms with Crippen LogP contribution in [0, 0.1) is 6.92 Å². The van der Waals surface area contributed by atoms with E-state index in [4.69, 9.17) is 0 Å². The van der Waals surface area contributed by atoms with E-state index in [1.54, 1.807) is 6.07 Å². The van der Waals surface area contributed by atoms with Crippen molar-refractivity contribution in [1.82, 2.24) is 5.32 Å². The van der Waals surface area contributed by atoms with Gasteiger partial charge in [0.25, 0.3) is 0 Å². The van der Waals surface area contributed by atoms with E-state index in [9.17, 15) is 9.90 Å². The van der Waals surface area contributed by atoms with E-state index in [-0.39, 0.29) is 11.9 Å². The van der Waals surface area contributed by atoms with Gasteiger partial charge in [-0.15, -0.1) is 0 Å². The molecule has 1 fully saturated rings. The lowest BCUT2D eigenvalue weighted by atomic mass is 9.77. The lowest BCUT2D eigenvalue weighted by molar-refractivity contribution is -0.127. The van der Waals surface area contributed by atoms with Gasteiger partial charge in [-0.2, -0.15) is 0 Å². The van der Waals surface area contributed by atoms with E-state index in [0.717, 1.165) is 55.2 Å². The number of carbonyl (C=O) groups excluding carboxylic acids is 1. The second-order valence-corrected chi connectivity index (χ2v) is 7.57. The summed E-state index contributed by atoms with van der Waals surface area (Å²) in [5.74, 6) is 0.500. The van der Waals surface area contributed by atoms with Crippen LogP contribution in [0.5, 0.6) is 5.75 Å². The third-order valence-electron chi connectivity index (χ3n) is 6.01. The van der Waals surface area contributed by atoms with Crippen molar-refractivity contribution in [2.45, 2.75) is 56.9 Å². The highest BCUT2D eigenvalue weighted by Crippen LogP contribution is 2.43. The van der Waals surface area contributed by atoms with Gasteiger partial charge in [-0.3, -0.25) is 4.79 Å². The standard InChI is InChI=1S/C22H25NO2/c1-15-6-4-7-16(14-15)22(12-2-3-13-22)21(25)23-19-11-10-18-17(19)8-5-9-20(18)24/h4-9,14,19,24H,2-3,10-13H2,1H3,(H,23,25). The van der Waals surface area contributed by atoms with Crippen LogP contribution in [-0.2, 0) is 16.6 Å². The Kier molecular flexibility index (Phi) is 4.03. The van der Waals surface area contributed by atoms with Crippen molar-refractivity contribution in [3.05, 3.63) is 64.7 Å². The number of phenolic OH excluding ortho intramolecular Hbond substituents is 1. The first-order chi connectivity index (χ1) is 12.1. The molecule has 1 unspecified atom stereocenters. The fourth-order valence-corrected chi connectivity index (χ4v) is 4.65. The molecular formula is C22H25NO2. The number of nitrogens with one attached hydrogen (secondary N) is 1. The lowest BCUT2D eigenvalue weighted by Gasteiger charge is -2.30. The summed E-state index contributed by atoms with van der Waals surface area (Å²) in [4.78, 5) is 13.4. The summed E-state index contributed by atoms with van der Waals surface area (Å²) in [6.07, 6.45) is 5.73. The first kappa shape index (κ1) is 16.2. The van der Waals surface area contributed by atoms with E-state index in [1.165, 1.54) is 5.56 Å². The lowest BCUT2D eigenvalue weighted by Crippen LogP contribution is -2.43. The molecule has 0 radical (unpaired) electrons. The first-order valence-corrected chi connectivity index (χ1v) is 9.29. The van der Waals surface area contributed by atoms with Gasteiger partial charge in [0.1, 0.15) is 5.75 Å². The Morgan fingerprint density at radius 2 is 1.92 bits per heavy atom. The number of benzene rings is 2. The minimum absolute atomic E-state index is 0.0110. The number of aryl methyl sites for hydroxylation is 1. The van der Waals surface area contributed by atoms with Gasteiger partial charge in [-0.05, 0) is 55.4 Å². The van der Waals surface area contributed by atoms with Crippen LogP contribution < -0.4 is 5.32 Å². The first-order valence-electron chi connectivity index (χ1n) is 9.29. The summed E-state index contributed by atoms with van der Waals surface area (Å²) >= 11 is 0. The van der Waals surface area contributed by atoms with Gasteiger partial charge >= 0.3 is 0 Å². The molecule has 2 N–H and O–H groups in total. The maximum atomic E-state index is 13.4. The summed E-state index contributed by atoms with van der Waals surface area (Å²) in [5, 5.41) is 13.4. The summed E-state index contributed by atoms with van der Waals surface area (Å²) in [7, 11) is 0. The van der Waals surface area contributed by atoms with Crippen LogP contribution in [0.4, 0.5) is 0 Å². The molecule has 25 heavy (non-hydrogen) atoms. The van der Waals surface area contributed by atoms with Crippen LogP contribution >= 0.6 is 0 Å². The van der Waals surface area contributed by atoms with Crippen molar-refractivity contribution >= 4 is 5.91 Å². The fourth-order valence-electron chi connectivity index (χ4n) is 4.65. The average molecular weight is 335 g/mol. The second kappa shape index (κ2) is 6.21. The molecular weight excluding hydrogens is 310 g/mol.